The lowest BCUT2D eigenvalue weighted by Gasteiger charge is -2.14. The zero-order chi connectivity index (χ0) is 11.3. The van der Waals surface area contributed by atoms with Crippen LogP contribution in [0.2, 0.25) is 0 Å². The Kier molecular flexibility index (Phi) is 4.38. The fourth-order valence-corrected chi connectivity index (χ4v) is 1.33. The highest BCUT2D eigenvalue weighted by molar-refractivity contribution is 7.80. The molecular formula is C9H14N4OS. The van der Waals surface area contributed by atoms with Gasteiger partial charge in [0.1, 0.15) is 4.99 Å². The average Bonchev–Trinajstić information content (AvgIpc) is 2.18. The van der Waals surface area contributed by atoms with Crippen molar-refractivity contribution in [3.63, 3.8) is 0 Å². The summed E-state index contributed by atoms with van der Waals surface area (Å²) >= 11 is 4.91. The Bertz CT molecular complexity index is 345. The van der Waals surface area contributed by atoms with E-state index in [9.17, 15) is 0 Å². The molecule has 0 fully saturated rings. The van der Waals surface area contributed by atoms with Crippen LogP contribution in [0.4, 0.5) is 5.82 Å². The summed E-state index contributed by atoms with van der Waals surface area (Å²) < 4.78 is 5.00. The van der Waals surface area contributed by atoms with Crippen molar-refractivity contribution in [3.8, 4) is 0 Å². The van der Waals surface area contributed by atoms with Crippen LogP contribution >= 0.6 is 12.2 Å². The normalized spacial score (nSPS) is 12.1. The van der Waals surface area contributed by atoms with E-state index in [-0.39, 0.29) is 6.04 Å². The second-order valence-corrected chi connectivity index (χ2v) is 3.60. The van der Waals surface area contributed by atoms with Gasteiger partial charge in [0.25, 0.3) is 0 Å². The van der Waals surface area contributed by atoms with Crippen LogP contribution in [0.3, 0.4) is 0 Å². The zero-order valence-corrected chi connectivity index (χ0v) is 9.54. The van der Waals surface area contributed by atoms with E-state index >= 15 is 0 Å². The molecule has 1 aromatic rings. The molecule has 1 aromatic heterocycles. The molecule has 0 saturated heterocycles. The number of nitrogens with one attached hydrogen (secondary N) is 1. The molecule has 1 atom stereocenters. The molecule has 0 aliphatic rings. The summed E-state index contributed by atoms with van der Waals surface area (Å²) in [6, 6.07) is 1.86. The van der Waals surface area contributed by atoms with Gasteiger partial charge in [-0.2, -0.15) is 5.10 Å². The van der Waals surface area contributed by atoms with Gasteiger partial charge in [-0.25, -0.2) is 0 Å². The monoisotopic (exact) mass is 226 g/mol. The minimum absolute atomic E-state index is 0.125. The van der Waals surface area contributed by atoms with E-state index in [0.29, 0.717) is 23.0 Å². The number of rotatable bonds is 5. The van der Waals surface area contributed by atoms with E-state index in [1.54, 1.807) is 19.4 Å². The lowest BCUT2D eigenvalue weighted by Crippen LogP contribution is -2.24. The van der Waals surface area contributed by atoms with E-state index < -0.39 is 0 Å². The van der Waals surface area contributed by atoms with Crippen molar-refractivity contribution in [2.24, 2.45) is 5.73 Å². The number of nitrogens with zero attached hydrogens (tertiary/aromatic N) is 2. The van der Waals surface area contributed by atoms with Gasteiger partial charge in [0.15, 0.2) is 5.82 Å². The molecular weight excluding hydrogens is 212 g/mol. The predicted octanol–water partition coefficient (Wildman–Crippen LogP) is 0.558. The first-order chi connectivity index (χ1) is 7.15. The van der Waals surface area contributed by atoms with Crippen LogP contribution in [0.5, 0.6) is 0 Å². The maximum atomic E-state index is 5.56. The van der Waals surface area contributed by atoms with Gasteiger partial charge in [-0.05, 0) is 13.0 Å². The van der Waals surface area contributed by atoms with Crippen molar-refractivity contribution in [3.05, 3.63) is 17.8 Å². The third kappa shape index (κ3) is 3.41. The molecule has 3 N–H and O–H groups in total. The van der Waals surface area contributed by atoms with Crippen LogP contribution in [0, 0.1) is 0 Å². The topological polar surface area (TPSA) is 73.1 Å². The molecule has 0 amide bonds. The van der Waals surface area contributed by atoms with Crippen molar-refractivity contribution in [1.29, 1.82) is 0 Å². The maximum absolute atomic E-state index is 5.56. The van der Waals surface area contributed by atoms with Gasteiger partial charge >= 0.3 is 0 Å². The molecule has 1 heterocycles. The van der Waals surface area contributed by atoms with Gasteiger partial charge < -0.3 is 15.8 Å². The molecule has 0 aliphatic heterocycles. The van der Waals surface area contributed by atoms with Crippen molar-refractivity contribution in [2.75, 3.05) is 19.0 Å². The van der Waals surface area contributed by atoms with Crippen LogP contribution in [-0.2, 0) is 4.74 Å². The molecule has 15 heavy (non-hydrogen) atoms. The quantitative estimate of drug-likeness (QED) is 0.715. The molecule has 1 unspecified atom stereocenters. The highest BCUT2D eigenvalue weighted by Gasteiger charge is 2.09. The fraction of sp³-hybridized carbons (Fsp3) is 0.444. The van der Waals surface area contributed by atoms with Crippen molar-refractivity contribution < 1.29 is 4.74 Å². The summed E-state index contributed by atoms with van der Waals surface area (Å²) in [5.74, 6) is 0.592. The molecule has 0 radical (unpaired) electrons. The van der Waals surface area contributed by atoms with Gasteiger partial charge in [0, 0.05) is 13.2 Å². The standard InChI is InChI=1S/C9H14N4OS/c1-6(5-14-2)12-9-7(8(10)15)3-4-11-13-9/h3-4,6H,5H2,1-2H3,(H2,10,15)(H,12,13). The van der Waals surface area contributed by atoms with E-state index in [1.807, 2.05) is 6.92 Å². The van der Waals surface area contributed by atoms with Gasteiger partial charge in [0.05, 0.1) is 18.4 Å². The Morgan fingerprint density at radius 3 is 3.07 bits per heavy atom. The zero-order valence-electron chi connectivity index (χ0n) is 8.73. The fourth-order valence-electron chi connectivity index (χ4n) is 1.16. The first-order valence-corrected chi connectivity index (χ1v) is 4.93. The number of aromatic nitrogens is 2. The Balaban J connectivity index is 2.79. The van der Waals surface area contributed by atoms with Crippen LogP contribution in [0.25, 0.3) is 0 Å². The molecule has 6 heteroatoms. The van der Waals surface area contributed by atoms with Gasteiger partial charge in [-0.15, -0.1) is 5.10 Å². The van der Waals surface area contributed by atoms with E-state index in [2.05, 4.69) is 15.5 Å². The van der Waals surface area contributed by atoms with Crippen molar-refractivity contribution >= 4 is 23.0 Å². The molecule has 5 nitrogen and oxygen atoms in total. The summed E-state index contributed by atoms with van der Waals surface area (Å²) in [6.45, 7) is 2.55. The van der Waals surface area contributed by atoms with Crippen LogP contribution < -0.4 is 11.1 Å². The highest BCUT2D eigenvalue weighted by Crippen LogP contribution is 2.11. The van der Waals surface area contributed by atoms with Crippen LogP contribution in [0.1, 0.15) is 12.5 Å². The maximum Gasteiger partial charge on any atom is 0.159 e. The summed E-state index contributed by atoms with van der Waals surface area (Å²) in [5.41, 5.74) is 6.25. The highest BCUT2D eigenvalue weighted by atomic mass is 32.1. The third-order valence-electron chi connectivity index (χ3n) is 1.79. The van der Waals surface area contributed by atoms with Gasteiger partial charge in [-0.1, -0.05) is 12.2 Å². The Morgan fingerprint density at radius 1 is 1.73 bits per heavy atom. The minimum Gasteiger partial charge on any atom is -0.389 e. The van der Waals surface area contributed by atoms with Gasteiger partial charge in [-0.3, -0.25) is 0 Å². The smallest absolute Gasteiger partial charge is 0.159 e. The number of hydrogen-bond acceptors (Lipinski definition) is 5. The molecule has 82 valence electrons. The average molecular weight is 226 g/mol. The number of methoxy groups -OCH3 is 1. The summed E-state index contributed by atoms with van der Waals surface area (Å²) in [4.78, 5) is 0.303. The largest absolute Gasteiger partial charge is 0.389 e. The summed E-state index contributed by atoms with van der Waals surface area (Å²) in [7, 11) is 1.64. The first kappa shape index (κ1) is 11.8. The Hall–Kier alpha value is -1.27. The number of nitrogens with two attached hydrogens (primary N) is 1. The lowest BCUT2D eigenvalue weighted by atomic mass is 10.2. The minimum atomic E-state index is 0.125. The third-order valence-corrected chi connectivity index (χ3v) is 2.01. The van der Waals surface area contributed by atoms with Crippen LogP contribution in [-0.4, -0.2) is 34.9 Å². The Morgan fingerprint density at radius 2 is 2.47 bits per heavy atom. The van der Waals surface area contributed by atoms with Crippen molar-refractivity contribution in [1.82, 2.24) is 10.2 Å². The van der Waals surface area contributed by atoms with E-state index in [1.165, 1.54) is 0 Å². The molecule has 0 bridgehead atoms. The summed E-state index contributed by atoms with van der Waals surface area (Å²) in [6.07, 6.45) is 1.56. The molecule has 0 saturated carbocycles. The summed E-state index contributed by atoms with van der Waals surface area (Å²) in [5, 5.41) is 10.8. The predicted molar refractivity (Wildman–Crippen MR) is 62.9 cm³/mol. The molecule has 0 aromatic carbocycles. The Labute approximate surface area is 94.0 Å². The number of thiocarbonyl (C=S) groups is 1. The second-order valence-electron chi connectivity index (χ2n) is 3.16. The molecule has 0 spiro atoms. The van der Waals surface area contributed by atoms with E-state index in [0.717, 1.165) is 0 Å². The molecule has 1 rings (SSSR count). The number of anilines is 1. The number of hydrogen-bond donors (Lipinski definition) is 2. The second kappa shape index (κ2) is 5.57. The van der Waals surface area contributed by atoms with E-state index in [4.69, 9.17) is 22.7 Å². The van der Waals surface area contributed by atoms with Gasteiger partial charge in [0.2, 0.25) is 0 Å². The molecule has 0 aliphatic carbocycles. The first-order valence-electron chi connectivity index (χ1n) is 4.52. The number of ether oxygens (including phenoxy) is 1. The lowest BCUT2D eigenvalue weighted by molar-refractivity contribution is 0.190. The SMILES string of the molecule is COCC(C)Nc1nnccc1C(N)=S. The van der Waals surface area contributed by atoms with Crippen molar-refractivity contribution in [2.45, 2.75) is 13.0 Å². The van der Waals surface area contributed by atoms with Crippen LogP contribution in [0.15, 0.2) is 12.3 Å².